The minimum atomic E-state index is -0.268. The maximum Gasteiger partial charge on any atom is 0.138 e. The second kappa shape index (κ2) is 4.42. The predicted molar refractivity (Wildman–Crippen MR) is 71.0 cm³/mol. The van der Waals surface area contributed by atoms with Gasteiger partial charge in [-0.2, -0.15) is 0 Å². The number of benzene rings is 2. The number of alkyl halides is 1. The largest absolute Gasteiger partial charge is 0.338 e. The maximum atomic E-state index is 13.1. The van der Waals surface area contributed by atoms with Gasteiger partial charge in [0.15, 0.2) is 0 Å². The summed E-state index contributed by atoms with van der Waals surface area (Å²) in [5.41, 5.74) is 3.47. The Bertz CT molecular complexity index is 689. The third-order valence-electron chi connectivity index (χ3n) is 2.83. The number of aromatic amines is 1. The lowest BCUT2D eigenvalue weighted by Crippen LogP contribution is -1.82. The molecule has 4 heteroatoms. The third-order valence-corrected chi connectivity index (χ3v) is 3.13. The van der Waals surface area contributed by atoms with Crippen LogP contribution in [0.4, 0.5) is 4.39 Å². The molecule has 0 radical (unpaired) electrons. The lowest BCUT2D eigenvalue weighted by atomic mass is 10.1. The molecule has 0 aliphatic carbocycles. The Morgan fingerprint density at radius 3 is 2.61 bits per heavy atom. The summed E-state index contributed by atoms with van der Waals surface area (Å²) in [6, 6.07) is 12.3. The van der Waals surface area contributed by atoms with E-state index in [2.05, 4.69) is 9.97 Å². The molecule has 0 bridgehead atoms. The zero-order valence-corrected chi connectivity index (χ0v) is 10.2. The monoisotopic (exact) mass is 260 g/mol. The Balaban J connectivity index is 2.07. The molecule has 0 saturated carbocycles. The fourth-order valence-electron chi connectivity index (χ4n) is 1.87. The smallest absolute Gasteiger partial charge is 0.138 e. The van der Waals surface area contributed by atoms with Crippen molar-refractivity contribution in [2.45, 2.75) is 5.88 Å². The van der Waals surface area contributed by atoms with Gasteiger partial charge >= 0.3 is 0 Å². The summed E-state index contributed by atoms with van der Waals surface area (Å²) in [5, 5.41) is 0. The molecule has 3 rings (SSSR count). The van der Waals surface area contributed by atoms with Gasteiger partial charge in [-0.3, -0.25) is 0 Å². The van der Waals surface area contributed by atoms with E-state index in [1.54, 1.807) is 6.07 Å². The maximum absolute atomic E-state index is 13.1. The van der Waals surface area contributed by atoms with Crippen molar-refractivity contribution in [3.63, 3.8) is 0 Å². The van der Waals surface area contributed by atoms with Crippen molar-refractivity contribution in [3.8, 4) is 11.4 Å². The van der Waals surface area contributed by atoms with Crippen molar-refractivity contribution in [2.24, 2.45) is 0 Å². The SMILES string of the molecule is Fc1ccc2nc(-c3ccc(CCl)cc3)[nH]c2c1. The highest BCUT2D eigenvalue weighted by Gasteiger charge is 2.05. The normalized spacial score (nSPS) is 11.0. The number of rotatable bonds is 2. The van der Waals surface area contributed by atoms with Gasteiger partial charge in [-0.25, -0.2) is 9.37 Å². The van der Waals surface area contributed by atoms with Gasteiger partial charge in [-0.15, -0.1) is 11.6 Å². The average molecular weight is 261 g/mol. The summed E-state index contributed by atoms with van der Waals surface area (Å²) in [6.07, 6.45) is 0. The lowest BCUT2D eigenvalue weighted by molar-refractivity contribution is 0.629. The molecule has 0 aliphatic heterocycles. The molecule has 90 valence electrons. The Kier molecular flexibility index (Phi) is 2.76. The lowest BCUT2D eigenvalue weighted by Gasteiger charge is -1.98. The van der Waals surface area contributed by atoms with Crippen LogP contribution in [0.15, 0.2) is 42.5 Å². The highest BCUT2D eigenvalue weighted by Crippen LogP contribution is 2.21. The van der Waals surface area contributed by atoms with Gasteiger partial charge in [-0.1, -0.05) is 24.3 Å². The van der Waals surface area contributed by atoms with Crippen molar-refractivity contribution < 1.29 is 4.39 Å². The van der Waals surface area contributed by atoms with Gasteiger partial charge < -0.3 is 4.98 Å². The van der Waals surface area contributed by atoms with Crippen LogP contribution in [0.3, 0.4) is 0 Å². The molecule has 0 amide bonds. The van der Waals surface area contributed by atoms with Crippen molar-refractivity contribution >= 4 is 22.6 Å². The van der Waals surface area contributed by atoms with E-state index < -0.39 is 0 Å². The van der Waals surface area contributed by atoms with E-state index in [0.29, 0.717) is 11.4 Å². The molecule has 0 saturated heterocycles. The minimum absolute atomic E-state index is 0.268. The van der Waals surface area contributed by atoms with Crippen LogP contribution in [0.5, 0.6) is 0 Å². The van der Waals surface area contributed by atoms with Crippen LogP contribution in [-0.2, 0) is 5.88 Å². The highest BCUT2D eigenvalue weighted by atomic mass is 35.5. The van der Waals surface area contributed by atoms with E-state index >= 15 is 0 Å². The Morgan fingerprint density at radius 2 is 1.89 bits per heavy atom. The Labute approximate surface area is 108 Å². The van der Waals surface area contributed by atoms with Crippen LogP contribution in [0.2, 0.25) is 0 Å². The summed E-state index contributed by atoms with van der Waals surface area (Å²) in [7, 11) is 0. The molecule has 3 aromatic rings. The molecule has 1 heterocycles. The molecule has 1 aromatic heterocycles. The molecule has 0 atom stereocenters. The number of imidazole rings is 1. The number of H-pyrrole nitrogens is 1. The summed E-state index contributed by atoms with van der Waals surface area (Å²) in [5.74, 6) is 0.956. The molecule has 0 aliphatic rings. The van der Waals surface area contributed by atoms with Crippen LogP contribution in [0.25, 0.3) is 22.4 Å². The second-order valence-electron chi connectivity index (χ2n) is 4.08. The molecule has 18 heavy (non-hydrogen) atoms. The van der Waals surface area contributed by atoms with Gasteiger partial charge in [-0.05, 0) is 23.8 Å². The third kappa shape index (κ3) is 1.97. The number of nitrogens with one attached hydrogen (secondary N) is 1. The van der Waals surface area contributed by atoms with Gasteiger partial charge in [0, 0.05) is 11.4 Å². The van der Waals surface area contributed by atoms with E-state index in [4.69, 9.17) is 11.6 Å². The van der Waals surface area contributed by atoms with E-state index in [-0.39, 0.29) is 5.82 Å². The number of hydrogen-bond donors (Lipinski definition) is 1. The second-order valence-corrected chi connectivity index (χ2v) is 4.34. The Morgan fingerprint density at radius 1 is 1.11 bits per heavy atom. The number of fused-ring (bicyclic) bond motifs is 1. The first-order chi connectivity index (χ1) is 8.76. The van der Waals surface area contributed by atoms with Gasteiger partial charge in [0.25, 0.3) is 0 Å². The van der Waals surface area contributed by atoms with Gasteiger partial charge in [0.1, 0.15) is 11.6 Å². The predicted octanol–water partition coefficient (Wildman–Crippen LogP) is 4.11. The number of aromatic nitrogens is 2. The summed E-state index contributed by atoms with van der Waals surface area (Å²) >= 11 is 5.74. The number of hydrogen-bond acceptors (Lipinski definition) is 1. The van der Waals surface area contributed by atoms with E-state index in [1.807, 2.05) is 24.3 Å². The van der Waals surface area contributed by atoms with Crippen LogP contribution in [0.1, 0.15) is 5.56 Å². The van der Waals surface area contributed by atoms with Crippen LogP contribution < -0.4 is 0 Å². The molecule has 1 N–H and O–H groups in total. The topological polar surface area (TPSA) is 28.7 Å². The first kappa shape index (κ1) is 11.2. The van der Waals surface area contributed by atoms with E-state index in [9.17, 15) is 4.39 Å². The average Bonchev–Trinajstić information content (AvgIpc) is 2.81. The fourth-order valence-corrected chi connectivity index (χ4v) is 2.05. The zero-order chi connectivity index (χ0) is 12.5. The standard InChI is InChI=1S/C14H10ClFN2/c15-8-9-1-3-10(4-2-9)14-17-12-6-5-11(16)7-13(12)18-14/h1-7H,8H2,(H,17,18). The molecule has 2 aromatic carbocycles. The minimum Gasteiger partial charge on any atom is -0.338 e. The van der Waals surface area contributed by atoms with Crippen molar-refractivity contribution in [1.82, 2.24) is 9.97 Å². The van der Waals surface area contributed by atoms with Crippen LogP contribution in [0, 0.1) is 5.82 Å². The molecule has 2 nitrogen and oxygen atoms in total. The zero-order valence-electron chi connectivity index (χ0n) is 9.45. The fraction of sp³-hybridized carbons (Fsp3) is 0.0714. The first-order valence-corrected chi connectivity index (χ1v) is 6.10. The highest BCUT2D eigenvalue weighted by molar-refractivity contribution is 6.17. The molecular formula is C14H10ClFN2. The van der Waals surface area contributed by atoms with E-state index in [1.165, 1.54) is 12.1 Å². The quantitative estimate of drug-likeness (QED) is 0.690. The number of nitrogens with zero attached hydrogens (tertiary/aromatic N) is 1. The van der Waals surface area contributed by atoms with Gasteiger partial charge in [0.05, 0.1) is 11.0 Å². The molecular weight excluding hydrogens is 251 g/mol. The van der Waals surface area contributed by atoms with Crippen LogP contribution >= 0.6 is 11.6 Å². The molecule has 0 unspecified atom stereocenters. The number of halogens is 2. The molecule has 0 fully saturated rings. The first-order valence-electron chi connectivity index (χ1n) is 5.57. The summed E-state index contributed by atoms with van der Waals surface area (Å²) in [4.78, 5) is 7.53. The molecule has 0 spiro atoms. The van der Waals surface area contributed by atoms with Crippen LogP contribution in [-0.4, -0.2) is 9.97 Å². The van der Waals surface area contributed by atoms with Crippen molar-refractivity contribution in [2.75, 3.05) is 0 Å². The van der Waals surface area contributed by atoms with Gasteiger partial charge in [0.2, 0.25) is 0 Å². The van der Waals surface area contributed by atoms with Crippen molar-refractivity contribution in [3.05, 3.63) is 53.8 Å². The summed E-state index contributed by atoms with van der Waals surface area (Å²) < 4.78 is 13.1. The van der Waals surface area contributed by atoms with E-state index in [0.717, 1.165) is 22.5 Å². The van der Waals surface area contributed by atoms with Crippen molar-refractivity contribution in [1.29, 1.82) is 0 Å². The Hall–Kier alpha value is -1.87. The summed E-state index contributed by atoms with van der Waals surface area (Å²) in [6.45, 7) is 0.